The van der Waals surface area contributed by atoms with Gasteiger partial charge in [-0.3, -0.25) is 4.79 Å². The third-order valence-corrected chi connectivity index (χ3v) is 3.86. The van der Waals surface area contributed by atoms with Crippen molar-refractivity contribution < 1.29 is 9.21 Å². The molecule has 1 heterocycles. The molecule has 0 bridgehead atoms. The number of nitrogens with zero attached hydrogens (tertiary/aromatic N) is 1. The van der Waals surface area contributed by atoms with Crippen molar-refractivity contribution >= 4 is 22.6 Å². The average Bonchev–Trinajstić information content (AvgIpc) is 2.75. The number of nitrogen functional groups attached to an aromatic ring is 1. The minimum absolute atomic E-state index is 0.0599. The Kier molecular flexibility index (Phi) is 2.73. The smallest absolute Gasteiger partial charge is 0.225 e. The number of nitrogens with two attached hydrogens (primary N) is 1. The normalized spacial score (nSPS) is 18.3. The largest absolute Gasteiger partial charge is 0.461 e. The van der Waals surface area contributed by atoms with E-state index in [0.29, 0.717) is 0 Å². The fourth-order valence-electron chi connectivity index (χ4n) is 2.87. The van der Waals surface area contributed by atoms with E-state index in [9.17, 15) is 4.79 Å². The maximum Gasteiger partial charge on any atom is 0.225 e. The molecule has 0 saturated heterocycles. The molecule has 2 aromatic rings. The van der Waals surface area contributed by atoms with Crippen LogP contribution in [0.1, 0.15) is 17.7 Å². The van der Waals surface area contributed by atoms with Gasteiger partial charge < -0.3 is 15.1 Å². The Bertz CT molecular complexity index is 643. The molecule has 1 amide bonds. The SMILES string of the molecule is CN(C)C(=O)C1CCc2oc3ccc(N)cc3c2C1. The van der Waals surface area contributed by atoms with Crippen molar-refractivity contribution in [3.05, 3.63) is 29.5 Å². The van der Waals surface area contributed by atoms with Gasteiger partial charge in [0.2, 0.25) is 5.91 Å². The molecule has 4 nitrogen and oxygen atoms in total. The summed E-state index contributed by atoms with van der Waals surface area (Å²) in [6, 6.07) is 5.70. The van der Waals surface area contributed by atoms with E-state index in [-0.39, 0.29) is 11.8 Å². The fourth-order valence-corrected chi connectivity index (χ4v) is 2.87. The zero-order valence-corrected chi connectivity index (χ0v) is 11.3. The highest BCUT2D eigenvalue weighted by Gasteiger charge is 2.29. The molecule has 1 aromatic carbocycles. The summed E-state index contributed by atoms with van der Waals surface area (Å²) in [5.74, 6) is 1.28. The Morgan fingerprint density at radius 2 is 2.21 bits per heavy atom. The van der Waals surface area contributed by atoms with Crippen LogP contribution >= 0.6 is 0 Å². The summed E-state index contributed by atoms with van der Waals surface area (Å²) in [6.45, 7) is 0. The van der Waals surface area contributed by atoms with Crippen LogP contribution in [0.2, 0.25) is 0 Å². The molecule has 0 saturated carbocycles. The molecular weight excluding hydrogens is 240 g/mol. The number of hydrogen-bond donors (Lipinski definition) is 1. The van der Waals surface area contributed by atoms with Gasteiger partial charge in [0.05, 0.1) is 0 Å². The summed E-state index contributed by atoms with van der Waals surface area (Å²) in [6.07, 6.45) is 2.44. The van der Waals surface area contributed by atoms with E-state index in [1.54, 1.807) is 4.90 Å². The molecular formula is C15H18N2O2. The van der Waals surface area contributed by atoms with Gasteiger partial charge >= 0.3 is 0 Å². The molecule has 2 N–H and O–H groups in total. The first kappa shape index (κ1) is 12.1. The number of fused-ring (bicyclic) bond motifs is 3. The second kappa shape index (κ2) is 4.30. The first-order valence-electron chi connectivity index (χ1n) is 6.57. The van der Waals surface area contributed by atoms with Gasteiger partial charge in [0.1, 0.15) is 11.3 Å². The van der Waals surface area contributed by atoms with Crippen LogP contribution in [0.15, 0.2) is 22.6 Å². The number of aryl methyl sites for hydroxylation is 1. The highest BCUT2D eigenvalue weighted by atomic mass is 16.3. The second-order valence-electron chi connectivity index (χ2n) is 5.43. The Morgan fingerprint density at radius 3 is 2.95 bits per heavy atom. The van der Waals surface area contributed by atoms with Crippen molar-refractivity contribution in [3.8, 4) is 0 Å². The number of carbonyl (C=O) groups excluding carboxylic acids is 1. The molecule has 1 aromatic heterocycles. The quantitative estimate of drug-likeness (QED) is 0.798. The Morgan fingerprint density at radius 1 is 1.42 bits per heavy atom. The molecule has 1 atom stereocenters. The van der Waals surface area contributed by atoms with Crippen LogP contribution in [0.25, 0.3) is 11.0 Å². The van der Waals surface area contributed by atoms with Gasteiger partial charge in [0.15, 0.2) is 0 Å². The zero-order valence-electron chi connectivity index (χ0n) is 11.3. The van der Waals surface area contributed by atoms with Crippen LogP contribution in [0.5, 0.6) is 0 Å². The highest BCUT2D eigenvalue weighted by Crippen LogP contribution is 2.35. The zero-order chi connectivity index (χ0) is 13.6. The predicted octanol–water partition coefficient (Wildman–Crippen LogP) is 2.21. The third-order valence-electron chi connectivity index (χ3n) is 3.86. The van der Waals surface area contributed by atoms with Gasteiger partial charge in [-0.25, -0.2) is 0 Å². The lowest BCUT2D eigenvalue weighted by atomic mass is 9.86. The van der Waals surface area contributed by atoms with E-state index >= 15 is 0 Å². The molecule has 3 rings (SSSR count). The van der Waals surface area contributed by atoms with Crippen LogP contribution < -0.4 is 5.73 Å². The molecule has 100 valence electrons. The number of furan rings is 1. The lowest BCUT2D eigenvalue weighted by molar-refractivity contribution is -0.133. The van der Waals surface area contributed by atoms with E-state index in [0.717, 1.165) is 47.2 Å². The van der Waals surface area contributed by atoms with Crippen LogP contribution in [-0.2, 0) is 17.6 Å². The standard InChI is InChI=1S/C15H18N2O2/c1-17(2)15(18)9-3-5-13-11(7-9)12-8-10(16)4-6-14(12)19-13/h4,6,8-9H,3,5,7,16H2,1-2H3. The van der Waals surface area contributed by atoms with Crippen molar-refractivity contribution in [1.29, 1.82) is 0 Å². The van der Waals surface area contributed by atoms with E-state index in [4.69, 9.17) is 10.2 Å². The molecule has 0 radical (unpaired) electrons. The van der Waals surface area contributed by atoms with Gasteiger partial charge in [0.25, 0.3) is 0 Å². The molecule has 0 spiro atoms. The van der Waals surface area contributed by atoms with Gasteiger partial charge in [-0.2, -0.15) is 0 Å². The lowest BCUT2D eigenvalue weighted by Crippen LogP contribution is -2.32. The fraction of sp³-hybridized carbons (Fsp3) is 0.400. The van der Waals surface area contributed by atoms with Crippen LogP contribution in [-0.4, -0.2) is 24.9 Å². The van der Waals surface area contributed by atoms with E-state index in [1.165, 1.54) is 0 Å². The second-order valence-corrected chi connectivity index (χ2v) is 5.43. The minimum atomic E-state index is 0.0599. The highest BCUT2D eigenvalue weighted by molar-refractivity contribution is 5.87. The molecule has 0 fully saturated rings. The van der Waals surface area contributed by atoms with Crippen molar-refractivity contribution in [2.75, 3.05) is 19.8 Å². The van der Waals surface area contributed by atoms with Crippen LogP contribution in [0, 0.1) is 5.92 Å². The number of rotatable bonds is 1. The Balaban J connectivity index is 2.01. The monoisotopic (exact) mass is 258 g/mol. The van der Waals surface area contributed by atoms with Crippen molar-refractivity contribution in [3.63, 3.8) is 0 Å². The first-order valence-corrected chi connectivity index (χ1v) is 6.57. The van der Waals surface area contributed by atoms with Gasteiger partial charge in [0, 0.05) is 43.1 Å². The maximum absolute atomic E-state index is 12.1. The third kappa shape index (κ3) is 1.97. The number of hydrogen-bond acceptors (Lipinski definition) is 3. The Hall–Kier alpha value is -1.97. The van der Waals surface area contributed by atoms with E-state index < -0.39 is 0 Å². The molecule has 1 aliphatic rings. The number of benzene rings is 1. The summed E-state index contributed by atoms with van der Waals surface area (Å²) >= 11 is 0. The number of carbonyl (C=O) groups is 1. The number of anilines is 1. The van der Waals surface area contributed by atoms with Crippen LogP contribution in [0.3, 0.4) is 0 Å². The summed E-state index contributed by atoms with van der Waals surface area (Å²) < 4.78 is 5.85. The molecule has 0 aliphatic heterocycles. The van der Waals surface area contributed by atoms with E-state index in [2.05, 4.69) is 0 Å². The number of amides is 1. The summed E-state index contributed by atoms with van der Waals surface area (Å²) in [5, 5.41) is 1.06. The minimum Gasteiger partial charge on any atom is -0.461 e. The summed E-state index contributed by atoms with van der Waals surface area (Å²) in [5.41, 5.74) is 8.61. The molecule has 19 heavy (non-hydrogen) atoms. The van der Waals surface area contributed by atoms with Crippen molar-refractivity contribution in [1.82, 2.24) is 4.90 Å². The molecule has 1 aliphatic carbocycles. The van der Waals surface area contributed by atoms with Gasteiger partial charge in [-0.15, -0.1) is 0 Å². The van der Waals surface area contributed by atoms with Crippen LogP contribution in [0.4, 0.5) is 5.69 Å². The molecule has 4 heteroatoms. The average molecular weight is 258 g/mol. The Labute approximate surface area is 112 Å². The van der Waals surface area contributed by atoms with Gasteiger partial charge in [-0.1, -0.05) is 0 Å². The maximum atomic E-state index is 12.1. The van der Waals surface area contributed by atoms with E-state index in [1.807, 2.05) is 32.3 Å². The lowest BCUT2D eigenvalue weighted by Gasteiger charge is -2.23. The first-order chi connectivity index (χ1) is 9.06. The summed E-state index contributed by atoms with van der Waals surface area (Å²) in [7, 11) is 3.62. The predicted molar refractivity (Wildman–Crippen MR) is 74.8 cm³/mol. The summed E-state index contributed by atoms with van der Waals surface area (Å²) in [4.78, 5) is 13.8. The topological polar surface area (TPSA) is 59.5 Å². The molecule has 1 unspecified atom stereocenters. The van der Waals surface area contributed by atoms with Crippen molar-refractivity contribution in [2.45, 2.75) is 19.3 Å². The van der Waals surface area contributed by atoms with Crippen molar-refractivity contribution in [2.24, 2.45) is 5.92 Å². The van der Waals surface area contributed by atoms with Gasteiger partial charge in [-0.05, 0) is 31.0 Å².